The number of oxime groups is 1. The molecule has 0 fully saturated rings. The predicted molar refractivity (Wildman–Crippen MR) is 115 cm³/mol. The highest BCUT2D eigenvalue weighted by Gasteiger charge is 2.38. The molecule has 1 amide bonds. The lowest BCUT2D eigenvalue weighted by Crippen LogP contribution is -2.26. The molecule has 8 heteroatoms. The number of ether oxygens (including phenoxy) is 1. The molecule has 0 atom stereocenters. The van der Waals surface area contributed by atoms with Crippen molar-refractivity contribution >= 4 is 53.1 Å². The Hall–Kier alpha value is -1.89. The zero-order valence-electron chi connectivity index (χ0n) is 15.5. The lowest BCUT2D eigenvalue weighted by atomic mass is 9.86. The molecule has 2 aromatic rings. The van der Waals surface area contributed by atoms with Gasteiger partial charge in [0.05, 0.1) is 27.0 Å². The minimum atomic E-state index is -0.537. The molecule has 28 heavy (non-hydrogen) atoms. The van der Waals surface area contributed by atoms with Crippen molar-refractivity contribution in [1.29, 1.82) is 0 Å². The van der Waals surface area contributed by atoms with Crippen molar-refractivity contribution < 1.29 is 13.8 Å². The van der Waals surface area contributed by atoms with Crippen LogP contribution in [0.15, 0.2) is 46.4 Å². The summed E-state index contributed by atoms with van der Waals surface area (Å²) in [6, 6.07) is 10.9. The van der Waals surface area contributed by atoms with E-state index < -0.39 is 5.41 Å². The van der Waals surface area contributed by atoms with Gasteiger partial charge in [0, 0.05) is 11.9 Å². The van der Waals surface area contributed by atoms with E-state index in [2.05, 4.69) is 10.5 Å². The Morgan fingerprint density at radius 2 is 2.00 bits per heavy atom. The number of carbonyl (C=O) groups is 1. The molecule has 0 saturated heterocycles. The molecular formula is C20H20Cl2N2O3S. The summed E-state index contributed by atoms with van der Waals surface area (Å²) >= 11 is 12.9. The largest absolute Gasteiger partial charge is 0.494 e. The van der Waals surface area contributed by atoms with Gasteiger partial charge in [-0.1, -0.05) is 28.4 Å². The van der Waals surface area contributed by atoms with Crippen LogP contribution >= 0.6 is 35.2 Å². The van der Waals surface area contributed by atoms with Gasteiger partial charge in [-0.3, -0.25) is 4.79 Å². The van der Waals surface area contributed by atoms with Gasteiger partial charge in [0.2, 0.25) is 5.91 Å². The Morgan fingerprint density at radius 3 is 2.79 bits per heavy atom. The highest BCUT2D eigenvalue weighted by atomic mass is 35.5. The summed E-state index contributed by atoms with van der Waals surface area (Å²) in [6.45, 7) is 4.36. The second-order valence-electron chi connectivity index (χ2n) is 6.80. The molecule has 0 unspecified atom stereocenters. The van der Waals surface area contributed by atoms with Crippen LogP contribution in [0.2, 0.25) is 10.0 Å². The van der Waals surface area contributed by atoms with Gasteiger partial charge >= 0.3 is 0 Å². The summed E-state index contributed by atoms with van der Waals surface area (Å²) in [7, 11) is 0. The maximum atomic E-state index is 12.0. The first-order valence-corrected chi connectivity index (χ1v) is 10.3. The van der Waals surface area contributed by atoms with Crippen LogP contribution in [0.25, 0.3) is 0 Å². The number of amides is 1. The summed E-state index contributed by atoms with van der Waals surface area (Å²) in [4.78, 5) is 12.8. The molecule has 0 spiro atoms. The van der Waals surface area contributed by atoms with Crippen molar-refractivity contribution in [2.75, 3.05) is 11.9 Å². The Labute approximate surface area is 178 Å². The fourth-order valence-electron chi connectivity index (χ4n) is 2.68. The first kappa shape index (κ1) is 20.8. The quantitative estimate of drug-likeness (QED) is 0.234. The van der Waals surface area contributed by atoms with Crippen LogP contribution < -0.4 is 10.1 Å². The van der Waals surface area contributed by atoms with Gasteiger partial charge in [-0.2, -0.15) is 0 Å². The van der Waals surface area contributed by atoms with Crippen LogP contribution in [0.5, 0.6) is 5.75 Å². The monoisotopic (exact) mass is 438 g/mol. The number of halogens is 2. The Morgan fingerprint density at radius 1 is 1.18 bits per heavy atom. The third-order valence-electron chi connectivity index (χ3n) is 4.37. The summed E-state index contributed by atoms with van der Waals surface area (Å²) < 4.78 is 11.0. The number of carbonyl (C=O) groups excluding carboxylic acids is 1. The molecule has 1 aliphatic rings. The molecule has 0 radical (unpaired) electrons. The number of hydrogen-bond donors (Lipinski definition) is 1. The van der Waals surface area contributed by atoms with E-state index in [1.54, 1.807) is 18.3 Å². The van der Waals surface area contributed by atoms with Crippen molar-refractivity contribution in [3.63, 3.8) is 0 Å². The van der Waals surface area contributed by atoms with Gasteiger partial charge in [-0.05, 0) is 68.7 Å². The van der Waals surface area contributed by atoms with Gasteiger partial charge in [0.15, 0.2) is 0 Å². The van der Waals surface area contributed by atoms with Crippen LogP contribution in [0, 0.1) is 0 Å². The Kier molecular flexibility index (Phi) is 6.75. The van der Waals surface area contributed by atoms with Crippen LogP contribution in [-0.2, 0) is 14.5 Å². The van der Waals surface area contributed by atoms with Gasteiger partial charge in [-0.15, -0.1) is 0 Å². The summed E-state index contributed by atoms with van der Waals surface area (Å²) in [5.74, 6) is 0.765. The smallest absolute Gasteiger partial charge is 0.234 e. The molecule has 0 saturated carbocycles. The highest BCUT2D eigenvalue weighted by Crippen LogP contribution is 2.39. The molecular weight excluding hydrogens is 419 g/mol. The number of nitrogens with zero attached hydrogens (tertiary/aromatic N) is 1. The van der Waals surface area contributed by atoms with E-state index in [1.165, 1.54) is 0 Å². The van der Waals surface area contributed by atoms with Crippen LogP contribution in [0.1, 0.15) is 32.3 Å². The van der Waals surface area contributed by atoms with Gasteiger partial charge in [-0.25, -0.2) is 0 Å². The van der Waals surface area contributed by atoms with E-state index in [9.17, 15) is 4.79 Å². The van der Waals surface area contributed by atoms with Crippen molar-refractivity contribution in [1.82, 2.24) is 0 Å². The van der Waals surface area contributed by atoms with E-state index in [1.807, 2.05) is 38.1 Å². The standard InChI is InChI=1S/C20H20Cl2N2O3S/c1-20(2)15-11-13(5-8-18(15)24-19(20)25)26-10-4-3-9-23-27-28-14-6-7-16(21)17(22)12-14/h5-9,11-12H,3-4,10H2,1-2H3,(H,24,25). The van der Waals surface area contributed by atoms with Crippen molar-refractivity contribution in [2.45, 2.75) is 37.0 Å². The Balaban J connectivity index is 1.37. The van der Waals surface area contributed by atoms with E-state index >= 15 is 0 Å². The van der Waals surface area contributed by atoms with Gasteiger partial charge < -0.3 is 14.3 Å². The highest BCUT2D eigenvalue weighted by molar-refractivity contribution is 7.94. The number of anilines is 1. The van der Waals surface area contributed by atoms with Gasteiger partial charge in [0.1, 0.15) is 17.8 Å². The molecule has 0 aliphatic carbocycles. The fourth-order valence-corrected chi connectivity index (χ4v) is 3.52. The SMILES string of the molecule is CC1(C)C(=O)Nc2ccc(OCCCC=NOSc3ccc(Cl)c(Cl)c3)cc21. The number of rotatable bonds is 8. The number of unbranched alkanes of at least 4 members (excludes halogenated alkanes) is 1. The average Bonchev–Trinajstić information content (AvgIpc) is 2.89. The van der Waals surface area contributed by atoms with Crippen LogP contribution in [0.3, 0.4) is 0 Å². The van der Waals surface area contributed by atoms with Crippen molar-refractivity contribution in [3.05, 3.63) is 52.0 Å². The second kappa shape index (κ2) is 9.07. The number of nitrogens with one attached hydrogen (secondary N) is 1. The van der Waals surface area contributed by atoms with Crippen LogP contribution in [-0.4, -0.2) is 18.7 Å². The first-order chi connectivity index (χ1) is 13.4. The molecule has 1 N–H and O–H groups in total. The topological polar surface area (TPSA) is 59.9 Å². The number of benzene rings is 2. The Bertz CT molecular complexity index is 903. The minimum absolute atomic E-state index is 0.00889. The van der Waals surface area contributed by atoms with E-state index in [0.29, 0.717) is 16.7 Å². The van der Waals surface area contributed by atoms with Crippen molar-refractivity contribution in [2.24, 2.45) is 5.16 Å². The summed E-state index contributed by atoms with van der Waals surface area (Å²) in [5, 5.41) is 7.77. The van der Waals surface area contributed by atoms with E-state index in [-0.39, 0.29) is 5.91 Å². The zero-order valence-corrected chi connectivity index (χ0v) is 17.8. The normalized spacial score (nSPS) is 14.8. The van der Waals surface area contributed by atoms with E-state index in [4.69, 9.17) is 32.2 Å². The first-order valence-electron chi connectivity index (χ1n) is 8.77. The van der Waals surface area contributed by atoms with Crippen LogP contribution in [0.4, 0.5) is 5.69 Å². The summed E-state index contributed by atoms with van der Waals surface area (Å²) in [5.41, 5.74) is 1.28. The lowest BCUT2D eigenvalue weighted by molar-refractivity contribution is -0.119. The molecule has 1 aliphatic heterocycles. The fraction of sp³-hybridized carbons (Fsp3) is 0.300. The molecule has 0 bridgehead atoms. The zero-order chi connectivity index (χ0) is 20.1. The third kappa shape index (κ3) is 4.93. The average molecular weight is 439 g/mol. The maximum Gasteiger partial charge on any atom is 0.234 e. The molecule has 5 nitrogen and oxygen atoms in total. The lowest BCUT2D eigenvalue weighted by Gasteiger charge is -2.16. The van der Waals surface area contributed by atoms with Gasteiger partial charge in [0.25, 0.3) is 0 Å². The van der Waals surface area contributed by atoms with E-state index in [0.717, 1.165) is 46.8 Å². The maximum absolute atomic E-state index is 12.0. The molecule has 2 aromatic carbocycles. The number of hydrogen-bond acceptors (Lipinski definition) is 5. The molecule has 148 valence electrons. The second-order valence-corrected chi connectivity index (χ2v) is 8.40. The third-order valence-corrected chi connectivity index (χ3v) is 5.71. The predicted octanol–water partition coefficient (Wildman–Crippen LogP) is 6.09. The molecule has 3 rings (SSSR count). The number of fused-ring (bicyclic) bond motifs is 1. The molecule has 0 aromatic heterocycles. The summed E-state index contributed by atoms with van der Waals surface area (Å²) in [6.07, 6.45) is 3.21. The minimum Gasteiger partial charge on any atom is -0.494 e. The van der Waals surface area contributed by atoms with Crippen molar-refractivity contribution in [3.8, 4) is 5.75 Å². The molecule has 1 heterocycles.